The minimum absolute atomic E-state index is 0.217. The third-order valence-corrected chi connectivity index (χ3v) is 7.50. The molecule has 1 atom stereocenters. The molecule has 0 radical (unpaired) electrons. The van der Waals surface area contributed by atoms with E-state index in [2.05, 4.69) is 41.7 Å². The molecule has 1 aliphatic rings. The van der Waals surface area contributed by atoms with Crippen LogP contribution in [-0.2, 0) is 19.1 Å². The quantitative estimate of drug-likeness (QED) is 0.349. The van der Waals surface area contributed by atoms with Crippen molar-refractivity contribution in [3.63, 3.8) is 0 Å². The highest BCUT2D eigenvalue weighted by Crippen LogP contribution is 2.48. The van der Waals surface area contributed by atoms with E-state index in [0.717, 1.165) is 16.7 Å². The largest absolute Gasteiger partial charge is 0.467 e. The van der Waals surface area contributed by atoms with Gasteiger partial charge in [0.05, 0.1) is 17.8 Å². The van der Waals surface area contributed by atoms with Crippen molar-refractivity contribution in [3.8, 4) is 0 Å². The van der Waals surface area contributed by atoms with Gasteiger partial charge in [-0.25, -0.2) is 4.79 Å². The van der Waals surface area contributed by atoms with Gasteiger partial charge >= 0.3 is 5.97 Å². The molecule has 0 spiro atoms. The highest BCUT2D eigenvalue weighted by Gasteiger charge is 2.39. The number of ether oxygens (including phenoxy) is 1. The number of hydrogen-bond donors (Lipinski definition) is 1. The molecule has 4 nitrogen and oxygen atoms in total. The lowest BCUT2D eigenvalue weighted by atomic mass is 9.84. The van der Waals surface area contributed by atoms with E-state index < -0.39 is 16.8 Å². The van der Waals surface area contributed by atoms with E-state index in [-0.39, 0.29) is 11.8 Å². The average molecular weight is 470 g/mol. The van der Waals surface area contributed by atoms with E-state index in [1.165, 1.54) is 7.11 Å². The van der Waals surface area contributed by atoms with Crippen LogP contribution in [0.15, 0.2) is 115 Å². The summed E-state index contributed by atoms with van der Waals surface area (Å²) in [5, 5.41) is 2.90. The van der Waals surface area contributed by atoms with Crippen molar-refractivity contribution >= 4 is 23.6 Å². The molecule has 3 aromatic carbocycles. The van der Waals surface area contributed by atoms with E-state index in [1.54, 1.807) is 23.9 Å². The first-order valence-corrected chi connectivity index (χ1v) is 12.2. The number of hydrogen-bond acceptors (Lipinski definition) is 4. The first kappa shape index (κ1) is 23.6. The Labute approximate surface area is 204 Å². The van der Waals surface area contributed by atoms with E-state index >= 15 is 0 Å². The predicted molar refractivity (Wildman–Crippen MR) is 137 cm³/mol. The summed E-state index contributed by atoms with van der Waals surface area (Å²) in [6.45, 7) is 0. The molecule has 0 heterocycles. The molecule has 1 N–H and O–H groups in total. The van der Waals surface area contributed by atoms with Crippen LogP contribution in [0, 0.1) is 5.92 Å². The first-order valence-electron chi connectivity index (χ1n) is 11.2. The minimum Gasteiger partial charge on any atom is -0.467 e. The van der Waals surface area contributed by atoms with Crippen LogP contribution in [0.25, 0.3) is 0 Å². The molecule has 0 saturated heterocycles. The van der Waals surface area contributed by atoms with Crippen LogP contribution in [0.1, 0.15) is 16.7 Å². The number of rotatable bonds is 9. The lowest BCUT2D eigenvalue weighted by molar-refractivity contribution is -0.144. The molecule has 0 aliphatic heterocycles. The topological polar surface area (TPSA) is 55.4 Å². The van der Waals surface area contributed by atoms with Crippen LogP contribution in [-0.4, -0.2) is 30.8 Å². The summed E-state index contributed by atoms with van der Waals surface area (Å²) in [6, 6.07) is 30.0. The van der Waals surface area contributed by atoms with E-state index in [9.17, 15) is 9.59 Å². The average Bonchev–Trinajstić information content (AvgIpc) is 3.45. The molecule has 0 saturated carbocycles. The molecule has 1 aliphatic carbocycles. The summed E-state index contributed by atoms with van der Waals surface area (Å²) < 4.78 is 4.47. The zero-order valence-corrected chi connectivity index (χ0v) is 19.8. The minimum atomic E-state index is -0.791. The van der Waals surface area contributed by atoms with E-state index in [0.29, 0.717) is 5.75 Å². The summed E-state index contributed by atoms with van der Waals surface area (Å²) in [4.78, 5) is 25.5. The summed E-state index contributed by atoms with van der Waals surface area (Å²) >= 11 is 1.61. The van der Waals surface area contributed by atoms with Crippen molar-refractivity contribution < 1.29 is 14.3 Å². The van der Waals surface area contributed by atoms with Crippen molar-refractivity contribution in [2.75, 3.05) is 12.9 Å². The Balaban J connectivity index is 1.74. The second-order valence-electron chi connectivity index (χ2n) is 7.97. The summed E-state index contributed by atoms with van der Waals surface area (Å²) in [5.41, 5.74) is 3.28. The Morgan fingerprint density at radius 1 is 0.824 bits per heavy atom. The normalized spacial score (nSPS) is 14.0. The summed E-state index contributed by atoms with van der Waals surface area (Å²) in [5.74, 6) is -0.725. The van der Waals surface area contributed by atoms with Gasteiger partial charge in [0.25, 0.3) is 0 Å². The van der Waals surface area contributed by atoms with E-state index in [4.69, 9.17) is 4.74 Å². The SMILES string of the molecule is COC(=O)[C@H](CSC(c1ccccc1)(c1ccccc1)c1ccccc1)NC(=O)C1C=CC=C1. The summed E-state index contributed by atoms with van der Waals surface area (Å²) in [6.07, 6.45) is 7.27. The fourth-order valence-electron chi connectivity index (χ4n) is 4.16. The van der Waals surface area contributed by atoms with Crippen LogP contribution in [0.2, 0.25) is 0 Å². The number of amides is 1. The predicted octanol–water partition coefficient (Wildman–Crippen LogP) is 5.11. The molecule has 4 rings (SSSR count). The Bertz CT molecular complexity index is 1050. The Kier molecular flexibility index (Phi) is 7.65. The highest BCUT2D eigenvalue weighted by molar-refractivity contribution is 8.00. The molecule has 172 valence electrons. The van der Waals surface area contributed by atoms with Crippen molar-refractivity contribution in [2.24, 2.45) is 5.92 Å². The maximum absolute atomic E-state index is 12.8. The molecule has 0 fully saturated rings. The van der Waals surface area contributed by atoms with Gasteiger partial charge in [0, 0.05) is 5.75 Å². The van der Waals surface area contributed by atoms with Crippen LogP contribution < -0.4 is 5.32 Å². The molecule has 5 heteroatoms. The van der Waals surface area contributed by atoms with Gasteiger partial charge < -0.3 is 10.1 Å². The van der Waals surface area contributed by atoms with Crippen molar-refractivity contribution in [1.82, 2.24) is 5.32 Å². The smallest absolute Gasteiger partial charge is 0.329 e. The maximum atomic E-state index is 12.8. The number of benzene rings is 3. The molecule has 0 aromatic heterocycles. The van der Waals surface area contributed by atoms with Crippen molar-refractivity contribution in [3.05, 3.63) is 132 Å². The van der Waals surface area contributed by atoms with Crippen LogP contribution in [0.4, 0.5) is 0 Å². The zero-order chi connectivity index (χ0) is 23.8. The maximum Gasteiger partial charge on any atom is 0.329 e. The number of methoxy groups -OCH3 is 1. The molecular weight excluding hydrogens is 442 g/mol. The lowest BCUT2D eigenvalue weighted by Gasteiger charge is -2.36. The Morgan fingerprint density at radius 2 is 1.26 bits per heavy atom. The number of carbonyl (C=O) groups is 2. The Morgan fingerprint density at radius 3 is 1.68 bits per heavy atom. The molecular formula is C29H27NO3S. The van der Waals surface area contributed by atoms with Gasteiger partial charge in [0.2, 0.25) is 5.91 Å². The molecule has 1 amide bonds. The number of allylic oxidation sites excluding steroid dienone is 2. The van der Waals surface area contributed by atoms with Crippen LogP contribution in [0.3, 0.4) is 0 Å². The standard InChI is InChI=1S/C29H27NO3S/c1-33-28(32)26(30-27(31)22-13-11-12-14-22)21-34-29(23-15-5-2-6-16-23,24-17-7-3-8-18-24)25-19-9-4-10-20-25/h2-20,22,26H,21H2,1H3,(H,30,31)/t26-/m0/s1. The lowest BCUT2D eigenvalue weighted by Crippen LogP contribution is -2.46. The second kappa shape index (κ2) is 11.0. The van der Waals surface area contributed by atoms with Gasteiger partial charge in [-0.3, -0.25) is 4.79 Å². The van der Waals surface area contributed by atoms with Gasteiger partial charge in [-0.15, -0.1) is 11.8 Å². The first-order chi connectivity index (χ1) is 16.6. The fourth-order valence-corrected chi connectivity index (χ4v) is 5.71. The van der Waals surface area contributed by atoms with Crippen LogP contribution in [0.5, 0.6) is 0 Å². The fraction of sp³-hybridized carbons (Fsp3) is 0.172. The summed E-state index contributed by atoms with van der Waals surface area (Å²) in [7, 11) is 1.35. The van der Waals surface area contributed by atoms with Gasteiger partial charge in [-0.1, -0.05) is 115 Å². The van der Waals surface area contributed by atoms with E-state index in [1.807, 2.05) is 66.7 Å². The molecule has 0 unspecified atom stereocenters. The third kappa shape index (κ3) is 5.00. The van der Waals surface area contributed by atoms with Crippen molar-refractivity contribution in [2.45, 2.75) is 10.8 Å². The molecule has 3 aromatic rings. The highest BCUT2D eigenvalue weighted by atomic mass is 32.2. The van der Waals surface area contributed by atoms with Gasteiger partial charge in [0.1, 0.15) is 6.04 Å². The Hall–Kier alpha value is -3.57. The monoisotopic (exact) mass is 469 g/mol. The number of thioether (sulfide) groups is 1. The number of nitrogens with one attached hydrogen (secondary N) is 1. The van der Waals surface area contributed by atoms with Crippen LogP contribution >= 0.6 is 11.8 Å². The molecule has 34 heavy (non-hydrogen) atoms. The zero-order valence-electron chi connectivity index (χ0n) is 19.0. The van der Waals surface area contributed by atoms with Gasteiger partial charge in [0.15, 0.2) is 0 Å². The molecule has 0 bridgehead atoms. The van der Waals surface area contributed by atoms with Gasteiger partial charge in [-0.2, -0.15) is 0 Å². The third-order valence-electron chi connectivity index (χ3n) is 5.86. The van der Waals surface area contributed by atoms with Gasteiger partial charge in [-0.05, 0) is 16.7 Å². The number of esters is 1. The van der Waals surface area contributed by atoms with Crippen molar-refractivity contribution in [1.29, 1.82) is 0 Å². The number of carbonyl (C=O) groups excluding carboxylic acids is 2. The second-order valence-corrected chi connectivity index (χ2v) is 9.20.